The molecule has 0 radical (unpaired) electrons. The Balaban J connectivity index is 1.66. The number of nitrogens with zero attached hydrogens (tertiary/aromatic N) is 3. The molecular weight excluding hydrogens is 320 g/mol. The molecule has 124 valence electrons. The van der Waals surface area contributed by atoms with Gasteiger partial charge in [0.05, 0.1) is 17.5 Å². The molecule has 1 amide bonds. The zero-order chi connectivity index (χ0) is 17.0. The maximum absolute atomic E-state index is 12.3. The number of amides is 1. The fraction of sp³-hybridized carbons (Fsp3) is 0.389. The van der Waals surface area contributed by atoms with Gasteiger partial charge in [0.25, 0.3) is 0 Å². The van der Waals surface area contributed by atoms with E-state index in [0.29, 0.717) is 0 Å². The van der Waals surface area contributed by atoms with Crippen LogP contribution in [0.1, 0.15) is 31.2 Å². The maximum atomic E-state index is 12.3. The Bertz CT molecular complexity index is 771. The van der Waals surface area contributed by atoms with Gasteiger partial charge in [0, 0.05) is 12.4 Å². The number of benzene rings is 1. The normalized spacial score (nSPS) is 15.8. The first kappa shape index (κ1) is 16.6. The highest BCUT2D eigenvalue weighted by Gasteiger charge is 2.35. The van der Waals surface area contributed by atoms with Crippen LogP contribution in [0.4, 0.5) is 0 Å². The third-order valence-corrected chi connectivity index (χ3v) is 5.33. The zero-order valence-electron chi connectivity index (χ0n) is 13.7. The summed E-state index contributed by atoms with van der Waals surface area (Å²) in [5, 5.41) is 13.0. The summed E-state index contributed by atoms with van der Waals surface area (Å²) < 4.78 is 1.99. The lowest BCUT2D eigenvalue weighted by atomic mass is 10.0. The van der Waals surface area contributed by atoms with E-state index >= 15 is 0 Å². The molecule has 0 spiro atoms. The van der Waals surface area contributed by atoms with Crippen LogP contribution in [0.3, 0.4) is 0 Å². The predicted molar refractivity (Wildman–Crippen MR) is 94.0 cm³/mol. The van der Waals surface area contributed by atoms with E-state index < -0.39 is 5.54 Å². The summed E-state index contributed by atoms with van der Waals surface area (Å²) in [5.74, 6) is 0.148. The van der Waals surface area contributed by atoms with Gasteiger partial charge in [0.1, 0.15) is 5.54 Å². The van der Waals surface area contributed by atoms with Crippen molar-refractivity contribution < 1.29 is 4.79 Å². The van der Waals surface area contributed by atoms with Gasteiger partial charge in [0.2, 0.25) is 5.91 Å². The molecule has 1 N–H and O–H groups in total. The number of hydrogen-bond acceptors (Lipinski definition) is 4. The van der Waals surface area contributed by atoms with Crippen molar-refractivity contribution in [2.75, 3.05) is 5.75 Å². The Morgan fingerprint density at radius 3 is 2.88 bits per heavy atom. The molecule has 1 heterocycles. The summed E-state index contributed by atoms with van der Waals surface area (Å²) in [6.45, 7) is 2.05. The molecule has 24 heavy (non-hydrogen) atoms. The van der Waals surface area contributed by atoms with Gasteiger partial charge in [-0.1, -0.05) is 30.0 Å². The Morgan fingerprint density at radius 2 is 2.17 bits per heavy atom. The largest absolute Gasteiger partial charge is 0.337 e. The zero-order valence-corrected chi connectivity index (χ0v) is 14.5. The average molecular weight is 340 g/mol. The molecular formula is C18H20N4OS. The molecule has 0 atom stereocenters. The number of nitriles is 1. The first-order chi connectivity index (χ1) is 11.6. The summed E-state index contributed by atoms with van der Waals surface area (Å²) in [4.78, 5) is 16.6. The number of imidazole rings is 1. The standard InChI is InChI=1S/C18H20N4OS/c1-14-6-2-3-7-15(14)22-11-10-20-17(22)24-12-16(23)21-18(13-19)8-4-5-9-18/h2-3,6-7,10-11H,4-5,8-9,12H2,1H3,(H,21,23). The highest BCUT2D eigenvalue weighted by atomic mass is 32.2. The highest BCUT2D eigenvalue weighted by molar-refractivity contribution is 7.99. The first-order valence-electron chi connectivity index (χ1n) is 8.08. The molecule has 1 aromatic carbocycles. The van der Waals surface area contributed by atoms with Crippen LogP contribution in [0.2, 0.25) is 0 Å². The minimum Gasteiger partial charge on any atom is -0.337 e. The summed E-state index contributed by atoms with van der Waals surface area (Å²) in [6.07, 6.45) is 7.13. The van der Waals surface area contributed by atoms with Gasteiger partial charge in [-0.3, -0.25) is 9.36 Å². The van der Waals surface area contributed by atoms with Crippen LogP contribution in [-0.4, -0.2) is 26.8 Å². The van der Waals surface area contributed by atoms with Crippen LogP contribution in [0.5, 0.6) is 0 Å². The second-order valence-electron chi connectivity index (χ2n) is 6.10. The number of aromatic nitrogens is 2. The van der Waals surface area contributed by atoms with Gasteiger partial charge in [-0.05, 0) is 44.2 Å². The number of thioether (sulfide) groups is 1. The van der Waals surface area contributed by atoms with Gasteiger partial charge in [-0.25, -0.2) is 4.98 Å². The van der Waals surface area contributed by atoms with E-state index in [0.717, 1.165) is 42.1 Å². The second-order valence-corrected chi connectivity index (χ2v) is 7.05. The number of hydrogen-bond donors (Lipinski definition) is 1. The molecule has 5 nitrogen and oxygen atoms in total. The van der Waals surface area contributed by atoms with Crippen molar-refractivity contribution in [2.24, 2.45) is 0 Å². The number of rotatable bonds is 5. The fourth-order valence-corrected chi connectivity index (χ4v) is 3.86. The lowest BCUT2D eigenvalue weighted by molar-refractivity contribution is -0.119. The number of para-hydroxylation sites is 1. The number of nitrogens with one attached hydrogen (secondary N) is 1. The third-order valence-electron chi connectivity index (χ3n) is 4.36. The van der Waals surface area contributed by atoms with E-state index in [2.05, 4.69) is 16.4 Å². The van der Waals surface area contributed by atoms with Gasteiger partial charge in [-0.2, -0.15) is 5.26 Å². The van der Waals surface area contributed by atoms with Crippen molar-refractivity contribution in [2.45, 2.75) is 43.3 Å². The van der Waals surface area contributed by atoms with Gasteiger partial charge < -0.3 is 5.32 Å². The van der Waals surface area contributed by atoms with E-state index in [9.17, 15) is 10.1 Å². The van der Waals surface area contributed by atoms with E-state index in [-0.39, 0.29) is 11.7 Å². The minimum absolute atomic E-state index is 0.109. The summed E-state index contributed by atoms with van der Waals surface area (Å²) in [7, 11) is 0. The Kier molecular flexibility index (Phi) is 4.91. The van der Waals surface area contributed by atoms with Crippen LogP contribution in [0.25, 0.3) is 5.69 Å². The summed E-state index contributed by atoms with van der Waals surface area (Å²) >= 11 is 1.39. The number of aryl methyl sites for hydroxylation is 1. The molecule has 0 bridgehead atoms. The summed E-state index contributed by atoms with van der Waals surface area (Å²) in [5.41, 5.74) is 1.54. The van der Waals surface area contributed by atoms with Crippen molar-refractivity contribution >= 4 is 17.7 Å². The van der Waals surface area contributed by atoms with Crippen LogP contribution in [0.15, 0.2) is 41.8 Å². The second kappa shape index (κ2) is 7.10. The third kappa shape index (κ3) is 3.46. The number of carbonyl (C=O) groups excluding carboxylic acids is 1. The molecule has 0 aliphatic heterocycles. The molecule has 6 heteroatoms. The topological polar surface area (TPSA) is 70.7 Å². The van der Waals surface area contributed by atoms with Crippen molar-refractivity contribution in [3.8, 4) is 11.8 Å². The molecule has 0 unspecified atom stereocenters. The Labute approximate surface area is 146 Å². The van der Waals surface area contributed by atoms with E-state index in [1.807, 2.05) is 42.0 Å². The highest BCUT2D eigenvalue weighted by Crippen LogP contribution is 2.29. The molecule has 1 aliphatic rings. The molecule has 1 fully saturated rings. The lowest BCUT2D eigenvalue weighted by Gasteiger charge is -2.21. The van der Waals surface area contributed by atoms with Crippen LogP contribution in [0, 0.1) is 18.3 Å². The minimum atomic E-state index is -0.664. The molecule has 0 saturated heterocycles. The monoisotopic (exact) mass is 340 g/mol. The number of carbonyl (C=O) groups is 1. The fourth-order valence-electron chi connectivity index (χ4n) is 3.09. The molecule has 1 saturated carbocycles. The molecule has 1 aromatic heterocycles. The van der Waals surface area contributed by atoms with Gasteiger partial charge in [-0.15, -0.1) is 0 Å². The summed E-state index contributed by atoms with van der Waals surface area (Å²) in [6, 6.07) is 10.4. The van der Waals surface area contributed by atoms with Crippen molar-refractivity contribution in [1.82, 2.24) is 14.9 Å². The van der Waals surface area contributed by atoms with Crippen molar-refractivity contribution in [3.63, 3.8) is 0 Å². The van der Waals surface area contributed by atoms with Gasteiger partial charge in [0.15, 0.2) is 5.16 Å². The van der Waals surface area contributed by atoms with Crippen LogP contribution >= 0.6 is 11.8 Å². The van der Waals surface area contributed by atoms with Gasteiger partial charge >= 0.3 is 0 Å². The average Bonchev–Trinajstić information content (AvgIpc) is 3.23. The first-order valence-corrected chi connectivity index (χ1v) is 9.06. The van der Waals surface area contributed by atoms with E-state index in [1.54, 1.807) is 6.20 Å². The predicted octanol–water partition coefficient (Wildman–Crippen LogP) is 3.23. The van der Waals surface area contributed by atoms with E-state index in [4.69, 9.17) is 0 Å². The molecule has 3 rings (SSSR count). The smallest absolute Gasteiger partial charge is 0.231 e. The SMILES string of the molecule is Cc1ccccc1-n1ccnc1SCC(=O)NC1(C#N)CCCC1. The van der Waals surface area contributed by atoms with Crippen molar-refractivity contribution in [1.29, 1.82) is 5.26 Å². The Hall–Kier alpha value is -2.26. The Morgan fingerprint density at radius 1 is 1.42 bits per heavy atom. The molecule has 1 aliphatic carbocycles. The van der Waals surface area contributed by atoms with E-state index in [1.165, 1.54) is 11.8 Å². The lowest BCUT2D eigenvalue weighted by Crippen LogP contribution is -2.45. The maximum Gasteiger partial charge on any atom is 0.231 e. The van der Waals surface area contributed by atoms with Crippen molar-refractivity contribution in [3.05, 3.63) is 42.2 Å². The quantitative estimate of drug-likeness (QED) is 0.848. The molecule has 2 aromatic rings. The van der Waals surface area contributed by atoms with Crippen LogP contribution < -0.4 is 5.32 Å². The van der Waals surface area contributed by atoms with Crippen LogP contribution in [-0.2, 0) is 4.79 Å².